The Labute approximate surface area is 568 Å². The fourth-order valence-corrected chi connectivity index (χ4v) is 12.4. The predicted molar refractivity (Wildman–Crippen MR) is 365 cm³/mol. The molecule has 15 atom stereocenters. The van der Waals surface area contributed by atoms with Crippen molar-refractivity contribution in [2.75, 3.05) is 88.8 Å². The monoisotopic (exact) mass is 1340 g/mol. The molecule has 2 saturated heterocycles. The maximum atomic E-state index is 15.3. The third-order valence-corrected chi connectivity index (χ3v) is 18.7. The highest BCUT2D eigenvalue weighted by atomic mass is 16.5. The fraction of sp³-hybridized carbons (Fsp3) is 0.812. The maximum Gasteiger partial charge on any atom is 0.246 e. The number of aliphatic hydroxyl groups is 1. The number of ether oxygens (including phenoxy) is 2. The topological polar surface area (TPSA) is 300 Å². The van der Waals surface area contributed by atoms with E-state index in [2.05, 4.69) is 33.1 Å². The van der Waals surface area contributed by atoms with Gasteiger partial charge in [0.15, 0.2) is 0 Å². The van der Waals surface area contributed by atoms with Gasteiger partial charge < -0.3 is 70.1 Å². The van der Waals surface area contributed by atoms with Crippen LogP contribution in [0.3, 0.4) is 0 Å². The van der Waals surface area contributed by atoms with Gasteiger partial charge in [0.25, 0.3) is 0 Å². The van der Waals surface area contributed by atoms with Crippen LogP contribution in [0.15, 0.2) is 12.2 Å². The lowest BCUT2D eigenvalue weighted by Gasteiger charge is -2.41. The van der Waals surface area contributed by atoms with Crippen molar-refractivity contribution in [1.29, 1.82) is 0 Å². The molecule has 0 saturated carbocycles. The summed E-state index contributed by atoms with van der Waals surface area (Å²) in [7, 11) is 9.92. The first-order valence-corrected chi connectivity index (χ1v) is 34.4. The Hall–Kier alpha value is -6.25. The van der Waals surface area contributed by atoms with E-state index in [9.17, 15) is 29.1 Å². The Balaban J connectivity index is 3.03. The summed E-state index contributed by atoms with van der Waals surface area (Å²) >= 11 is 0. The van der Waals surface area contributed by atoms with Crippen LogP contribution in [0.4, 0.5) is 0 Å². The van der Waals surface area contributed by atoms with Crippen molar-refractivity contribution in [3.8, 4) is 0 Å². The Kier molecular flexibility index (Phi) is 35.0. The largest absolute Gasteiger partial charge is 0.390 e. The second kappa shape index (κ2) is 39.2. The smallest absolute Gasteiger partial charge is 0.246 e. The number of nitrogens with one attached hydrogen (secondary N) is 4. The van der Waals surface area contributed by atoms with Crippen LogP contribution in [-0.2, 0) is 62.2 Å². The van der Waals surface area contributed by atoms with E-state index in [1.165, 1.54) is 94.6 Å². The summed E-state index contributed by atoms with van der Waals surface area (Å²) in [6.07, 6.45) is 2.50. The second-order valence-corrected chi connectivity index (χ2v) is 28.7. The van der Waals surface area contributed by atoms with E-state index >= 15 is 28.8 Å². The average molecular weight is 1350 g/mol. The van der Waals surface area contributed by atoms with Crippen LogP contribution >= 0.6 is 0 Å². The SMILES string of the molecule is C/C=C/C[C@@H](C)[C@@H](O)[C@H]1C(=O)N[C@@H](CC)C(=O)N(C)[C@H](C)C(=O)N(C)[C@@H]([C@H](C)COC[C@@H]2CN(CC)CCO2)C(=O)N[C@@H](C(C)C)C(=O)N(C)[C@@H](CC(C)C)C(=O)N[C@@H](C)C(=O)N[C@H](C)C(=O)N(C)[C@@H](CC(C)C)C(=O)N(C)[C@@H](CC(C)C)C(=O)N(C)[C@@H](C(C)C)C(=O)N1C. The molecule has 5 N–H and O–H groups in total. The van der Waals surface area contributed by atoms with E-state index < -0.39 is 161 Å². The van der Waals surface area contributed by atoms with Gasteiger partial charge in [0.2, 0.25) is 65.0 Å². The Morgan fingerprint density at radius 1 is 0.526 bits per heavy atom. The summed E-state index contributed by atoms with van der Waals surface area (Å²) in [5.74, 6) is -10.8. The molecule has 0 aromatic rings. The van der Waals surface area contributed by atoms with Crippen molar-refractivity contribution in [2.45, 2.75) is 235 Å². The molecule has 0 radical (unpaired) electrons. The molecule has 11 amide bonds. The van der Waals surface area contributed by atoms with Gasteiger partial charge in [0.05, 0.1) is 32.0 Å². The number of hydrogen-bond donors (Lipinski definition) is 5. The molecule has 0 bridgehead atoms. The molecule has 0 aromatic carbocycles. The van der Waals surface area contributed by atoms with Gasteiger partial charge in [0.1, 0.15) is 66.5 Å². The van der Waals surface area contributed by atoms with Gasteiger partial charge in [-0.1, -0.05) is 109 Å². The number of morpholine rings is 1. The number of amides is 11. The van der Waals surface area contributed by atoms with E-state index in [1.807, 2.05) is 47.6 Å². The van der Waals surface area contributed by atoms with E-state index in [0.29, 0.717) is 19.6 Å². The molecule has 26 heteroatoms. The number of likely N-dealkylation sites (N-methyl/N-ethyl adjacent to an activating group) is 8. The summed E-state index contributed by atoms with van der Waals surface area (Å²) in [4.78, 5) is 174. The first-order chi connectivity index (χ1) is 44.1. The predicted octanol–water partition coefficient (Wildman–Crippen LogP) is 2.98. The van der Waals surface area contributed by atoms with E-state index in [-0.39, 0.29) is 62.8 Å². The minimum absolute atomic E-state index is 0.0104. The lowest BCUT2D eigenvalue weighted by atomic mass is 9.91. The van der Waals surface area contributed by atoms with Crippen molar-refractivity contribution < 1.29 is 67.3 Å². The normalized spacial score (nSPS) is 28.4. The van der Waals surface area contributed by atoms with E-state index in [4.69, 9.17) is 9.47 Å². The third kappa shape index (κ3) is 23.5. The molecule has 2 rings (SSSR count). The Bertz CT molecular complexity index is 2600. The number of hydrogen-bond acceptors (Lipinski definition) is 15. The van der Waals surface area contributed by atoms with E-state index in [1.54, 1.807) is 61.5 Å². The van der Waals surface area contributed by atoms with Crippen LogP contribution in [0.25, 0.3) is 0 Å². The number of carbonyl (C=O) groups is 11. The minimum atomic E-state index is -1.64. The highest BCUT2D eigenvalue weighted by Gasteiger charge is 2.46. The first kappa shape index (κ1) is 84.8. The van der Waals surface area contributed by atoms with Crippen LogP contribution in [0.1, 0.15) is 157 Å². The average Bonchev–Trinajstić information content (AvgIpc) is 0.811. The summed E-state index contributed by atoms with van der Waals surface area (Å²) in [5.41, 5.74) is 0. The molecule has 0 spiro atoms. The molecule has 2 aliphatic heterocycles. The second-order valence-electron chi connectivity index (χ2n) is 28.7. The fourth-order valence-electron chi connectivity index (χ4n) is 12.4. The number of nitrogens with zero attached hydrogens (tertiary/aromatic N) is 8. The molecule has 2 heterocycles. The summed E-state index contributed by atoms with van der Waals surface area (Å²) in [5, 5.41) is 23.3. The van der Waals surface area contributed by atoms with Crippen molar-refractivity contribution in [3.63, 3.8) is 0 Å². The zero-order valence-electron chi connectivity index (χ0n) is 62.3. The van der Waals surface area contributed by atoms with Crippen molar-refractivity contribution in [2.24, 2.45) is 41.4 Å². The molecular weight excluding hydrogens is 1220 g/mol. The quantitative estimate of drug-likeness (QED) is 0.116. The number of allylic oxidation sites excluding steroid dienone is 2. The summed E-state index contributed by atoms with van der Waals surface area (Å²) in [6, 6.07) is -14.1. The molecule has 26 nitrogen and oxygen atoms in total. The van der Waals surface area contributed by atoms with Gasteiger partial charge >= 0.3 is 0 Å². The van der Waals surface area contributed by atoms with Gasteiger partial charge in [0, 0.05) is 68.3 Å². The molecule has 0 aliphatic carbocycles. The van der Waals surface area contributed by atoms with Gasteiger partial charge in [-0.3, -0.25) is 57.6 Å². The van der Waals surface area contributed by atoms with Crippen molar-refractivity contribution in [1.82, 2.24) is 60.5 Å². The molecule has 2 aliphatic rings. The molecule has 2 fully saturated rings. The summed E-state index contributed by atoms with van der Waals surface area (Å²) in [6.45, 7) is 34.2. The van der Waals surface area contributed by atoms with Crippen LogP contribution in [-0.4, -0.2) is 277 Å². The minimum Gasteiger partial charge on any atom is -0.390 e. The van der Waals surface area contributed by atoms with Crippen molar-refractivity contribution in [3.05, 3.63) is 12.2 Å². The molecule has 95 heavy (non-hydrogen) atoms. The molecule has 544 valence electrons. The molecule has 0 aromatic heterocycles. The van der Waals surface area contributed by atoms with Crippen LogP contribution in [0.2, 0.25) is 0 Å². The lowest BCUT2D eigenvalue weighted by molar-refractivity contribution is -0.157. The van der Waals surface area contributed by atoms with Gasteiger partial charge in [-0.25, -0.2) is 0 Å². The molecule has 0 unspecified atom stereocenters. The zero-order valence-corrected chi connectivity index (χ0v) is 62.3. The zero-order chi connectivity index (χ0) is 73.0. The highest BCUT2D eigenvalue weighted by molar-refractivity contribution is 6.00. The number of rotatable bonds is 19. The van der Waals surface area contributed by atoms with Gasteiger partial charge in [-0.15, -0.1) is 0 Å². The maximum absolute atomic E-state index is 15.3. The summed E-state index contributed by atoms with van der Waals surface area (Å²) < 4.78 is 12.2. The molecular formula is C69H124N12O14. The first-order valence-electron chi connectivity index (χ1n) is 34.4. The van der Waals surface area contributed by atoms with Crippen LogP contribution in [0.5, 0.6) is 0 Å². The lowest BCUT2D eigenvalue weighted by Crippen LogP contribution is -2.64. The number of carbonyl (C=O) groups excluding carboxylic acids is 11. The van der Waals surface area contributed by atoms with E-state index in [0.717, 1.165) is 22.9 Å². The van der Waals surface area contributed by atoms with Crippen molar-refractivity contribution >= 4 is 65.0 Å². The Morgan fingerprint density at radius 2 is 1.01 bits per heavy atom. The number of aliphatic hydroxyl groups excluding tert-OH is 1. The van der Waals surface area contributed by atoms with Crippen LogP contribution < -0.4 is 21.3 Å². The van der Waals surface area contributed by atoms with Gasteiger partial charge in [-0.2, -0.15) is 0 Å². The highest BCUT2D eigenvalue weighted by Crippen LogP contribution is 2.26. The Morgan fingerprint density at radius 3 is 1.52 bits per heavy atom. The van der Waals surface area contributed by atoms with Gasteiger partial charge in [-0.05, 0) is 102 Å². The third-order valence-electron chi connectivity index (χ3n) is 18.7. The van der Waals surface area contributed by atoms with Crippen LogP contribution in [0, 0.1) is 41.4 Å². The standard InChI is InChI=1S/C69H124N12O14/c1-26-29-30-44(14)58(82)57-62(86)72-50(27-2)65(89)74(19)48(18)64(88)79(24)56(45(15)37-94-38-49-36-81(28-3)31-32-95-49)61(85)73-54(42(10)11)68(92)75(20)51(33-39(4)5)60(84)70-46(16)59(83)71-47(17)63(87)76(21)52(34-40(6)7)66(90)77(22)53(35-41(8)9)67(91)78(23)55(43(12)13)69(93)80(57)25/h26,29,39-58,82H,27-28,30-38H2,1-25H3,(H,70,84)(H,71,83)(H,72,86)(H,73,85)/b29-26+/t44-,45-,46+,47-,48-,49+,50+,51+,52+,53+,54+,55+,56+,57+,58-/m1/s1.